The predicted octanol–water partition coefficient (Wildman–Crippen LogP) is 1.43. The summed E-state index contributed by atoms with van der Waals surface area (Å²) in [4.78, 5) is 26.9. The molecule has 35 heavy (non-hydrogen) atoms. The molecule has 0 aromatic rings. The van der Waals surface area contributed by atoms with Crippen LogP contribution in [0.2, 0.25) is 0 Å². The molecule has 0 saturated heterocycles. The zero-order valence-corrected chi connectivity index (χ0v) is 20.9. The maximum atomic E-state index is 11.8. The number of hydroxylamine groups is 6. The molecule has 0 radical (unpaired) electrons. The summed E-state index contributed by atoms with van der Waals surface area (Å²) >= 11 is 0. The fraction of sp³-hybridized carbons (Fsp3) is 0.571. The Balaban J connectivity index is 0. The molecular formula is C21H37FeN5O8. The molecule has 0 unspecified atom stereocenters. The molecule has 14 heteroatoms. The van der Waals surface area contributed by atoms with E-state index in [0.717, 1.165) is 18.6 Å². The molecule has 0 aliphatic heterocycles. The minimum atomic E-state index is -1.30. The first-order chi connectivity index (χ1) is 16.0. The minimum Gasteiger partial charge on any atom is -0.494 e. The summed E-state index contributed by atoms with van der Waals surface area (Å²) in [6.07, 6.45) is 6.81. The Hall–Kier alpha value is -2.45. The van der Waals surface area contributed by atoms with E-state index in [1.54, 1.807) is 0 Å². The van der Waals surface area contributed by atoms with Gasteiger partial charge in [0, 0.05) is 56.0 Å². The maximum absolute atomic E-state index is 11.8. The third-order valence-corrected chi connectivity index (χ3v) is 4.37. The van der Waals surface area contributed by atoms with Gasteiger partial charge in [-0.1, -0.05) is 0 Å². The number of nitrogens with one attached hydrogen (secondary N) is 1. The molecule has 2 amide bonds. The predicted molar refractivity (Wildman–Crippen MR) is 123 cm³/mol. The number of aliphatic hydroxyl groups is 3. The number of hydrogen-bond donors (Lipinski definition) is 7. The van der Waals surface area contributed by atoms with Crippen LogP contribution < -0.4 is 5.32 Å². The van der Waals surface area contributed by atoms with Crippen molar-refractivity contribution in [2.24, 2.45) is 4.99 Å². The molecule has 0 heterocycles. The smallest absolute Gasteiger partial charge is 0.269 e. The number of unbranched alkanes of at least 4 members (excludes halogenated alkanes) is 4. The SMILES string of the molecule is C=C(O)N(O)CCCCCNC(=O)C/C=C(\O)N(O)CCCCC=NC(=O)/C=C\[C@H](O)N(C)O.[Fe]. The van der Waals surface area contributed by atoms with Gasteiger partial charge in [0.1, 0.15) is 6.23 Å². The van der Waals surface area contributed by atoms with E-state index in [1.807, 2.05) is 0 Å². The molecule has 13 nitrogen and oxygen atoms in total. The van der Waals surface area contributed by atoms with Gasteiger partial charge in [0.05, 0.1) is 6.42 Å². The third-order valence-electron chi connectivity index (χ3n) is 4.37. The first-order valence-electron chi connectivity index (χ1n) is 10.9. The van der Waals surface area contributed by atoms with Crippen molar-refractivity contribution in [1.29, 1.82) is 0 Å². The van der Waals surface area contributed by atoms with E-state index >= 15 is 0 Å². The van der Waals surface area contributed by atoms with Gasteiger partial charge in [0.15, 0.2) is 0 Å². The van der Waals surface area contributed by atoms with Crippen LogP contribution in [0.25, 0.3) is 0 Å². The molecule has 1 atom stereocenters. The number of hydrogen-bond acceptors (Lipinski definition) is 11. The molecule has 0 saturated carbocycles. The quantitative estimate of drug-likeness (QED) is 0.0252. The number of aliphatic hydroxyl groups excluding tert-OH is 3. The number of carbonyl (C=O) groups is 2. The van der Waals surface area contributed by atoms with Gasteiger partial charge in [-0.15, -0.1) is 0 Å². The Kier molecular flexibility index (Phi) is 20.7. The zero-order chi connectivity index (χ0) is 25.9. The van der Waals surface area contributed by atoms with E-state index < -0.39 is 23.9 Å². The van der Waals surface area contributed by atoms with Crippen molar-refractivity contribution in [1.82, 2.24) is 20.5 Å². The van der Waals surface area contributed by atoms with Crippen LogP contribution in [-0.4, -0.2) is 97.1 Å². The molecule has 0 spiro atoms. The second-order valence-corrected chi connectivity index (χ2v) is 7.33. The summed E-state index contributed by atoms with van der Waals surface area (Å²) in [6, 6.07) is 0. The Morgan fingerprint density at radius 2 is 1.66 bits per heavy atom. The first-order valence-corrected chi connectivity index (χ1v) is 10.9. The Morgan fingerprint density at radius 3 is 2.29 bits per heavy atom. The largest absolute Gasteiger partial charge is 0.494 e. The monoisotopic (exact) mass is 543 g/mol. The number of aliphatic imine (C=N–C) groups is 1. The van der Waals surface area contributed by atoms with Gasteiger partial charge in [-0.3, -0.25) is 20.0 Å². The van der Waals surface area contributed by atoms with Crippen molar-refractivity contribution in [3.8, 4) is 0 Å². The Labute approximate surface area is 215 Å². The molecule has 0 aliphatic carbocycles. The van der Waals surface area contributed by atoms with Gasteiger partial charge in [0.2, 0.25) is 17.7 Å². The number of amides is 2. The average molecular weight is 543 g/mol. The molecule has 0 fully saturated rings. The van der Waals surface area contributed by atoms with E-state index in [2.05, 4.69) is 16.9 Å². The van der Waals surface area contributed by atoms with E-state index in [1.165, 1.54) is 19.3 Å². The van der Waals surface area contributed by atoms with Crippen molar-refractivity contribution in [2.45, 2.75) is 51.2 Å². The molecule has 202 valence electrons. The van der Waals surface area contributed by atoms with Gasteiger partial charge in [-0.2, -0.15) is 5.06 Å². The Bertz CT molecular complexity index is 718. The van der Waals surface area contributed by atoms with Gasteiger partial charge >= 0.3 is 0 Å². The van der Waals surface area contributed by atoms with Crippen LogP contribution in [0.4, 0.5) is 0 Å². The van der Waals surface area contributed by atoms with E-state index in [0.29, 0.717) is 53.8 Å². The standard InChI is InChI=1S/C21H37N5O8.Fe/c1-17(27)25(33)15-7-3-5-13-23-19(29)10-12-21(31)26(34)16-8-4-6-14-22-18(28)9-11-20(30)24(2)32;/h9,11-12,14,20,27,30-34H,1,3-8,10,13,15-16H2,2H3,(H,23,29);/b11-9-,21-12-,22-14?;/t20-;/m0./s1. The summed E-state index contributed by atoms with van der Waals surface area (Å²) in [5.41, 5.74) is 0. The van der Waals surface area contributed by atoms with Crippen molar-refractivity contribution in [3.63, 3.8) is 0 Å². The molecular weight excluding hydrogens is 506 g/mol. The van der Waals surface area contributed by atoms with Gasteiger partial charge in [-0.05, 0) is 57.3 Å². The summed E-state index contributed by atoms with van der Waals surface area (Å²) < 4.78 is 0. The molecule has 0 aromatic carbocycles. The molecule has 0 rings (SSSR count). The molecule has 0 aromatic heterocycles. The minimum absolute atomic E-state index is 0. The van der Waals surface area contributed by atoms with Crippen molar-refractivity contribution < 1.29 is 57.6 Å². The van der Waals surface area contributed by atoms with Gasteiger partial charge in [0.25, 0.3) is 5.91 Å². The summed E-state index contributed by atoms with van der Waals surface area (Å²) in [7, 11) is 1.23. The summed E-state index contributed by atoms with van der Waals surface area (Å²) in [5, 5.41) is 60.4. The topological polar surface area (TPSA) is 190 Å². The fourth-order valence-corrected chi connectivity index (χ4v) is 2.38. The average Bonchev–Trinajstić information content (AvgIpc) is 2.79. The number of rotatable bonds is 18. The van der Waals surface area contributed by atoms with Crippen LogP contribution in [0, 0.1) is 0 Å². The fourth-order valence-electron chi connectivity index (χ4n) is 2.38. The van der Waals surface area contributed by atoms with Crippen molar-refractivity contribution in [2.75, 3.05) is 26.7 Å². The maximum Gasteiger partial charge on any atom is 0.269 e. The van der Waals surface area contributed by atoms with Crippen LogP contribution in [0.5, 0.6) is 0 Å². The van der Waals surface area contributed by atoms with Crippen LogP contribution in [-0.2, 0) is 26.7 Å². The van der Waals surface area contributed by atoms with Crippen molar-refractivity contribution in [3.05, 3.63) is 36.6 Å². The van der Waals surface area contributed by atoms with Crippen LogP contribution in [0.15, 0.2) is 41.6 Å². The Morgan fingerprint density at radius 1 is 1.03 bits per heavy atom. The van der Waals surface area contributed by atoms with Crippen LogP contribution in [0.1, 0.15) is 44.9 Å². The second-order valence-electron chi connectivity index (χ2n) is 7.33. The number of nitrogens with zero attached hydrogens (tertiary/aromatic N) is 4. The summed E-state index contributed by atoms with van der Waals surface area (Å²) in [5.74, 6) is -1.77. The van der Waals surface area contributed by atoms with E-state index in [4.69, 9.17) is 10.3 Å². The van der Waals surface area contributed by atoms with Crippen LogP contribution >= 0.6 is 0 Å². The van der Waals surface area contributed by atoms with Crippen LogP contribution in [0.3, 0.4) is 0 Å². The van der Waals surface area contributed by atoms with Gasteiger partial charge < -0.3 is 25.8 Å². The molecule has 7 N–H and O–H groups in total. The normalized spacial score (nSPS) is 12.6. The number of likely N-dealkylation sites (N-methyl/N-ethyl adjacent to an activating group) is 1. The summed E-state index contributed by atoms with van der Waals surface area (Å²) in [6.45, 7) is 3.95. The second kappa shape index (κ2) is 20.9. The van der Waals surface area contributed by atoms with E-state index in [-0.39, 0.29) is 42.5 Å². The third kappa shape index (κ3) is 19.5. The van der Waals surface area contributed by atoms with Gasteiger partial charge in [-0.25, -0.2) is 15.1 Å². The molecule has 0 bridgehead atoms. The van der Waals surface area contributed by atoms with E-state index in [9.17, 15) is 30.2 Å². The molecule has 0 aliphatic rings. The van der Waals surface area contributed by atoms with Crippen molar-refractivity contribution >= 4 is 18.0 Å². The first kappa shape index (κ1) is 34.7. The number of carbonyl (C=O) groups excluding carboxylic acids is 2. The zero-order valence-electron chi connectivity index (χ0n) is 19.8.